The molecule has 0 amide bonds. The van der Waals surface area contributed by atoms with E-state index in [2.05, 4.69) is 33.9 Å². The minimum atomic E-state index is 0.268. The van der Waals surface area contributed by atoms with Crippen LogP contribution in [0.15, 0.2) is 49.1 Å². The predicted molar refractivity (Wildman–Crippen MR) is 82.3 cm³/mol. The highest BCUT2D eigenvalue weighted by Gasteiger charge is 2.09. The van der Waals surface area contributed by atoms with Crippen LogP contribution in [0.1, 0.15) is 24.8 Å². The second-order valence-corrected chi connectivity index (χ2v) is 5.02. The summed E-state index contributed by atoms with van der Waals surface area (Å²) in [5.41, 5.74) is 1.26. The van der Waals surface area contributed by atoms with E-state index in [1.54, 1.807) is 6.20 Å². The number of benzene rings is 1. The van der Waals surface area contributed by atoms with Crippen LogP contribution >= 0.6 is 12.2 Å². The summed E-state index contributed by atoms with van der Waals surface area (Å²) in [5, 5.41) is 3.34. The Morgan fingerprint density at radius 1 is 1.37 bits per heavy atom. The highest BCUT2D eigenvalue weighted by atomic mass is 32.1. The van der Waals surface area contributed by atoms with Crippen molar-refractivity contribution in [2.24, 2.45) is 0 Å². The van der Waals surface area contributed by atoms with Gasteiger partial charge in [0.1, 0.15) is 0 Å². The molecule has 1 unspecified atom stereocenters. The Morgan fingerprint density at radius 2 is 2.16 bits per heavy atom. The SMILES string of the molecule is CC(C(=S)NCCCn1ccnc1)c1ccccc1. The third-order valence-corrected chi connectivity index (χ3v) is 3.64. The zero-order valence-corrected chi connectivity index (χ0v) is 11.9. The Kier molecular flexibility index (Phi) is 5.10. The van der Waals surface area contributed by atoms with Crippen LogP contribution < -0.4 is 5.32 Å². The second kappa shape index (κ2) is 7.04. The Morgan fingerprint density at radius 3 is 2.84 bits per heavy atom. The number of hydrogen-bond donors (Lipinski definition) is 1. The lowest BCUT2D eigenvalue weighted by Crippen LogP contribution is -2.27. The summed E-state index contributed by atoms with van der Waals surface area (Å²) in [6.45, 7) is 4.00. The highest BCUT2D eigenvalue weighted by Crippen LogP contribution is 2.15. The molecule has 2 rings (SSSR count). The normalized spacial score (nSPS) is 12.1. The average molecular weight is 273 g/mol. The maximum atomic E-state index is 5.44. The molecular formula is C15H19N3S. The first kappa shape index (κ1) is 13.7. The van der Waals surface area contributed by atoms with E-state index in [1.165, 1.54) is 5.56 Å². The fraction of sp³-hybridized carbons (Fsp3) is 0.333. The minimum absolute atomic E-state index is 0.268. The quantitative estimate of drug-likeness (QED) is 0.648. The van der Waals surface area contributed by atoms with Gasteiger partial charge in [-0.25, -0.2) is 4.98 Å². The van der Waals surface area contributed by atoms with Crippen LogP contribution in [0.4, 0.5) is 0 Å². The van der Waals surface area contributed by atoms with E-state index in [1.807, 2.05) is 30.7 Å². The molecule has 2 aromatic rings. The van der Waals surface area contributed by atoms with Gasteiger partial charge in [-0.1, -0.05) is 49.5 Å². The summed E-state index contributed by atoms with van der Waals surface area (Å²) in [4.78, 5) is 4.93. The van der Waals surface area contributed by atoms with Gasteiger partial charge in [-0.15, -0.1) is 0 Å². The smallest absolute Gasteiger partial charge is 0.0945 e. The summed E-state index contributed by atoms with van der Waals surface area (Å²) in [5.74, 6) is 0.268. The topological polar surface area (TPSA) is 29.9 Å². The van der Waals surface area contributed by atoms with E-state index in [0.717, 1.165) is 24.5 Å². The maximum Gasteiger partial charge on any atom is 0.0945 e. The van der Waals surface area contributed by atoms with Crippen molar-refractivity contribution in [1.29, 1.82) is 0 Å². The Balaban J connectivity index is 1.72. The van der Waals surface area contributed by atoms with Crippen molar-refractivity contribution >= 4 is 17.2 Å². The predicted octanol–water partition coefficient (Wildman–Crippen LogP) is 2.99. The number of thiocarbonyl (C=S) groups is 1. The number of aromatic nitrogens is 2. The van der Waals surface area contributed by atoms with Gasteiger partial charge in [-0.3, -0.25) is 0 Å². The van der Waals surface area contributed by atoms with Gasteiger partial charge in [0, 0.05) is 31.4 Å². The molecule has 0 saturated heterocycles. The third kappa shape index (κ3) is 4.17. The Hall–Kier alpha value is -1.68. The minimum Gasteiger partial charge on any atom is -0.379 e. The molecule has 0 aliphatic rings. The Bertz CT molecular complexity index is 493. The number of hydrogen-bond acceptors (Lipinski definition) is 2. The molecule has 1 N–H and O–H groups in total. The molecule has 0 saturated carbocycles. The van der Waals surface area contributed by atoms with Crippen LogP contribution in [-0.4, -0.2) is 21.1 Å². The number of imidazole rings is 1. The van der Waals surface area contributed by atoms with E-state index < -0.39 is 0 Å². The molecule has 19 heavy (non-hydrogen) atoms. The summed E-state index contributed by atoms with van der Waals surface area (Å²) in [6.07, 6.45) is 6.66. The molecule has 1 aromatic carbocycles. The number of nitrogens with zero attached hydrogens (tertiary/aromatic N) is 2. The van der Waals surface area contributed by atoms with E-state index in [4.69, 9.17) is 12.2 Å². The van der Waals surface area contributed by atoms with E-state index >= 15 is 0 Å². The van der Waals surface area contributed by atoms with Crippen LogP contribution in [-0.2, 0) is 6.54 Å². The standard InChI is InChI=1S/C15H19N3S/c1-13(14-6-3-2-4-7-14)15(19)17-8-5-10-18-11-9-16-12-18/h2-4,6-7,9,11-13H,5,8,10H2,1H3,(H,17,19). The lowest BCUT2D eigenvalue weighted by Gasteiger charge is -2.15. The molecule has 1 atom stereocenters. The van der Waals surface area contributed by atoms with Gasteiger partial charge < -0.3 is 9.88 Å². The molecular weight excluding hydrogens is 254 g/mol. The molecule has 4 heteroatoms. The molecule has 100 valence electrons. The number of rotatable bonds is 6. The van der Waals surface area contributed by atoms with Gasteiger partial charge in [-0.05, 0) is 12.0 Å². The third-order valence-electron chi connectivity index (χ3n) is 3.14. The van der Waals surface area contributed by atoms with Crippen LogP contribution in [0.3, 0.4) is 0 Å². The van der Waals surface area contributed by atoms with Crippen molar-refractivity contribution in [1.82, 2.24) is 14.9 Å². The van der Waals surface area contributed by atoms with Crippen molar-refractivity contribution in [3.8, 4) is 0 Å². The van der Waals surface area contributed by atoms with Gasteiger partial charge in [0.2, 0.25) is 0 Å². The van der Waals surface area contributed by atoms with E-state index in [9.17, 15) is 0 Å². The lowest BCUT2D eigenvalue weighted by molar-refractivity contribution is 0.629. The molecule has 0 aliphatic carbocycles. The largest absolute Gasteiger partial charge is 0.379 e. The molecule has 0 radical (unpaired) electrons. The summed E-state index contributed by atoms with van der Waals surface area (Å²) in [7, 11) is 0. The van der Waals surface area contributed by atoms with Crippen LogP contribution in [0.5, 0.6) is 0 Å². The highest BCUT2D eigenvalue weighted by molar-refractivity contribution is 7.80. The van der Waals surface area contributed by atoms with Gasteiger partial charge >= 0.3 is 0 Å². The number of nitrogens with one attached hydrogen (secondary N) is 1. The van der Waals surface area contributed by atoms with Gasteiger partial charge in [0.05, 0.1) is 11.3 Å². The van der Waals surface area contributed by atoms with E-state index in [0.29, 0.717) is 0 Å². The zero-order chi connectivity index (χ0) is 13.5. The first-order valence-electron chi connectivity index (χ1n) is 6.56. The first-order chi connectivity index (χ1) is 9.27. The van der Waals surface area contributed by atoms with Crippen LogP contribution in [0.25, 0.3) is 0 Å². The molecule has 0 bridgehead atoms. The average Bonchev–Trinajstić information content (AvgIpc) is 2.96. The molecule has 1 aromatic heterocycles. The fourth-order valence-electron chi connectivity index (χ4n) is 1.94. The zero-order valence-electron chi connectivity index (χ0n) is 11.1. The monoisotopic (exact) mass is 273 g/mol. The van der Waals surface area contributed by atoms with Gasteiger partial charge in [0.25, 0.3) is 0 Å². The molecule has 3 nitrogen and oxygen atoms in total. The van der Waals surface area contributed by atoms with Crippen LogP contribution in [0.2, 0.25) is 0 Å². The summed E-state index contributed by atoms with van der Waals surface area (Å²) >= 11 is 5.44. The lowest BCUT2D eigenvalue weighted by atomic mass is 10.0. The van der Waals surface area contributed by atoms with Crippen LogP contribution in [0, 0.1) is 0 Å². The first-order valence-corrected chi connectivity index (χ1v) is 6.96. The summed E-state index contributed by atoms with van der Waals surface area (Å²) in [6, 6.07) is 10.4. The van der Waals surface area contributed by atoms with Gasteiger partial charge in [0.15, 0.2) is 0 Å². The fourth-order valence-corrected chi connectivity index (χ4v) is 2.18. The summed E-state index contributed by atoms with van der Waals surface area (Å²) < 4.78 is 2.07. The van der Waals surface area contributed by atoms with Crippen molar-refractivity contribution in [3.63, 3.8) is 0 Å². The van der Waals surface area contributed by atoms with Gasteiger partial charge in [-0.2, -0.15) is 0 Å². The van der Waals surface area contributed by atoms with E-state index in [-0.39, 0.29) is 5.92 Å². The molecule has 0 aliphatic heterocycles. The van der Waals surface area contributed by atoms with Crippen molar-refractivity contribution in [2.45, 2.75) is 25.8 Å². The maximum absolute atomic E-state index is 5.44. The van der Waals surface area contributed by atoms with Crippen molar-refractivity contribution < 1.29 is 0 Å². The second-order valence-electron chi connectivity index (χ2n) is 4.58. The van der Waals surface area contributed by atoms with Crippen molar-refractivity contribution in [2.75, 3.05) is 6.54 Å². The molecule has 1 heterocycles. The molecule has 0 fully saturated rings. The molecule has 0 spiro atoms. The van der Waals surface area contributed by atoms with Crippen molar-refractivity contribution in [3.05, 3.63) is 54.6 Å². The Labute approximate surface area is 119 Å². The number of aryl methyl sites for hydroxylation is 1.